The van der Waals surface area contributed by atoms with Gasteiger partial charge in [-0.25, -0.2) is 4.98 Å². The molecule has 1 unspecified atom stereocenters. The lowest BCUT2D eigenvalue weighted by atomic mass is 10.1. The minimum absolute atomic E-state index is 0.512. The molecule has 1 aromatic heterocycles. The number of azo groups is 2. The Morgan fingerprint density at radius 2 is 1.40 bits per heavy atom. The molecule has 3 aromatic rings. The average Bonchev–Trinajstić information content (AvgIpc) is 2.65. The van der Waals surface area contributed by atoms with Crippen LogP contribution in [0.3, 0.4) is 0 Å². The smallest absolute Gasteiger partial charge is 0.206 e. The van der Waals surface area contributed by atoms with Crippen LogP contribution in [-0.4, -0.2) is 4.98 Å². The van der Waals surface area contributed by atoms with Gasteiger partial charge >= 0.3 is 0 Å². The third-order valence-electron chi connectivity index (χ3n) is 3.72. The van der Waals surface area contributed by atoms with Crippen molar-refractivity contribution in [3.05, 3.63) is 89.6 Å². The van der Waals surface area contributed by atoms with E-state index in [1.807, 2.05) is 74.5 Å². The second kappa shape index (κ2) is 8.06. The summed E-state index contributed by atoms with van der Waals surface area (Å²) in [5.74, 6) is 0.547. The Balaban J connectivity index is 1.92. The first kappa shape index (κ1) is 16.6. The predicted octanol–water partition coefficient (Wildman–Crippen LogP) is 6.26. The Hall–Kier alpha value is -3.21. The van der Waals surface area contributed by atoms with E-state index in [9.17, 15) is 0 Å². The molecule has 1 heterocycles. The number of aromatic nitrogens is 1. The number of hydrogen-bond donors (Lipinski definition) is 0. The molecule has 0 radical (unpaired) electrons. The van der Waals surface area contributed by atoms with Gasteiger partial charge in [0.15, 0.2) is 5.82 Å². The van der Waals surface area contributed by atoms with Gasteiger partial charge in [0.25, 0.3) is 0 Å². The van der Waals surface area contributed by atoms with Gasteiger partial charge in [-0.05, 0) is 37.1 Å². The summed E-state index contributed by atoms with van der Waals surface area (Å²) < 4.78 is 0. The lowest BCUT2D eigenvalue weighted by molar-refractivity contribution is 0.686. The molecular formula is C20H19N5. The molecule has 0 spiro atoms. The van der Waals surface area contributed by atoms with E-state index in [1.54, 1.807) is 12.3 Å². The molecule has 0 fully saturated rings. The summed E-state index contributed by atoms with van der Waals surface area (Å²) in [5.41, 5.74) is 3.96. The largest absolute Gasteiger partial charge is 0.236 e. The fraction of sp³-hybridized carbons (Fsp3) is 0.150. The Kier molecular flexibility index (Phi) is 5.36. The van der Waals surface area contributed by atoms with Crippen LogP contribution in [0.5, 0.6) is 0 Å². The summed E-state index contributed by atoms with van der Waals surface area (Å²) in [6, 6.07) is 21.4. The van der Waals surface area contributed by atoms with Crippen molar-refractivity contribution in [3.8, 4) is 0 Å². The number of rotatable bonds is 5. The predicted molar refractivity (Wildman–Crippen MR) is 98.4 cm³/mol. The van der Waals surface area contributed by atoms with Crippen LogP contribution in [0.25, 0.3) is 0 Å². The summed E-state index contributed by atoms with van der Waals surface area (Å²) in [5, 5.41) is 17.4. The first-order valence-corrected chi connectivity index (χ1v) is 8.08. The van der Waals surface area contributed by atoms with Crippen molar-refractivity contribution in [1.29, 1.82) is 0 Å². The highest BCUT2D eigenvalue weighted by Gasteiger charge is 2.09. The van der Waals surface area contributed by atoms with Gasteiger partial charge in [-0.2, -0.15) is 15.3 Å². The van der Waals surface area contributed by atoms with Crippen molar-refractivity contribution in [2.45, 2.75) is 20.0 Å². The van der Waals surface area contributed by atoms with Crippen molar-refractivity contribution >= 4 is 11.5 Å². The third-order valence-corrected chi connectivity index (χ3v) is 3.72. The van der Waals surface area contributed by atoms with Crippen molar-refractivity contribution in [2.75, 3.05) is 0 Å². The SMILES string of the molecule is Cc1cccc(C)c1N=NC(N=Nc1ccccn1)c1ccccc1. The molecule has 0 aliphatic heterocycles. The van der Waals surface area contributed by atoms with E-state index in [0.29, 0.717) is 5.82 Å². The van der Waals surface area contributed by atoms with Gasteiger partial charge in [-0.15, -0.1) is 5.11 Å². The average molecular weight is 329 g/mol. The zero-order valence-electron chi connectivity index (χ0n) is 14.2. The number of aryl methyl sites for hydroxylation is 2. The lowest BCUT2D eigenvalue weighted by Gasteiger charge is -2.07. The standard InChI is InChI=1S/C20H19N5/c1-15-9-8-10-16(2)19(15)23-25-20(17-11-4-3-5-12-17)24-22-18-13-6-7-14-21-18/h3-14,20H,1-2H3. The molecular weight excluding hydrogens is 310 g/mol. The van der Waals surface area contributed by atoms with Crippen LogP contribution >= 0.6 is 0 Å². The molecule has 1 atom stereocenters. The van der Waals surface area contributed by atoms with Gasteiger partial charge in [0, 0.05) is 11.8 Å². The lowest BCUT2D eigenvalue weighted by Crippen LogP contribution is -1.90. The van der Waals surface area contributed by atoms with E-state index < -0.39 is 6.17 Å². The second-order valence-corrected chi connectivity index (χ2v) is 5.64. The Labute approximate surface area is 147 Å². The fourth-order valence-corrected chi connectivity index (χ4v) is 2.38. The molecule has 124 valence electrons. The minimum Gasteiger partial charge on any atom is -0.236 e. The first-order chi connectivity index (χ1) is 12.2. The van der Waals surface area contributed by atoms with E-state index in [4.69, 9.17) is 0 Å². The Morgan fingerprint density at radius 3 is 2.08 bits per heavy atom. The van der Waals surface area contributed by atoms with Crippen LogP contribution in [-0.2, 0) is 0 Å². The first-order valence-electron chi connectivity index (χ1n) is 8.08. The molecule has 5 heteroatoms. The third kappa shape index (κ3) is 4.41. The summed E-state index contributed by atoms with van der Waals surface area (Å²) in [4.78, 5) is 4.16. The maximum absolute atomic E-state index is 4.45. The van der Waals surface area contributed by atoms with Crippen molar-refractivity contribution in [2.24, 2.45) is 20.5 Å². The van der Waals surface area contributed by atoms with E-state index in [2.05, 4.69) is 25.4 Å². The minimum atomic E-state index is -0.512. The highest BCUT2D eigenvalue weighted by molar-refractivity contribution is 5.51. The van der Waals surface area contributed by atoms with Crippen LogP contribution in [0.15, 0.2) is 93.4 Å². The van der Waals surface area contributed by atoms with Crippen LogP contribution < -0.4 is 0 Å². The molecule has 2 aromatic carbocycles. The molecule has 0 saturated heterocycles. The molecule has 25 heavy (non-hydrogen) atoms. The normalized spacial score (nSPS) is 12.7. The van der Waals surface area contributed by atoms with Crippen molar-refractivity contribution in [1.82, 2.24) is 4.98 Å². The molecule has 0 saturated carbocycles. The number of nitrogens with zero attached hydrogens (tertiary/aromatic N) is 5. The van der Waals surface area contributed by atoms with Gasteiger partial charge in [0.1, 0.15) is 0 Å². The van der Waals surface area contributed by atoms with Gasteiger partial charge in [-0.1, -0.05) is 54.6 Å². The fourth-order valence-electron chi connectivity index (χ4n) is 2.38. The van der Waals surface area contributed by atoms with E-state index in [-0.39, 0.29) is 0 Å². The monoisotopic (exact) mass is 329 g/mol. The highest BCUT2D eigenvalue weighted by Crippen LogP contribution is 2.27. The van der Waals surface area contributed by atoms with E-state index in [0.717, 1.165) is 22.4 Å². The molecule has 0 amide bonds. The van der Waals surface area contributed by atoms with E-state index >= 15 is 0 Å². The van der Waals surface area contributed by atoms with Crippen LogP contribution in [0.1, 0.15) is 22.9 Å². The number of benzene rings is 2. The number of pyridine rings is 1. The maximum atomic E-state index is 4.45. The van der Waals surface area contributed by atoms with Gasteiger partial charge < -0.3 is 0 Å². The summed E-state index contributed by atoms with van der Waals surface area (Å²) in [6.45, 7) is 4.04. The highest BCUT2D eigenvalue weighted by atomic mass is 15.3. The Bertz CT molecular complexity index is 853. The molecule has 0 aliphatic carbocycles. The van der Waals surface area contributed by atoms with Crippen LogP contribution in [0, 0.1) is 13.8 Å². The van der Waals surface area contributed by atoms with Gasteiger partial charge in [-0.3, -0.25) is 0 Å². The molecule has 5 nitrogen and oxygen atoms in total. The number of hydrogen-bond acceptors (Lipinski definition) is 5. The van der Waals surface area contributed by atoms with Gasteiger partial charge in [0.05, 0.1) is 5.69 Å². The quantitative estimate of drug-likeness (QED) is 0.509. The zero-order chi connectivity index (χ0) is 17.5. The van der Waals surface area contributed by atoms with Crippen molar-refractivity contribution in [3.63, 3.8) is 0 Å². The molecule has 0 N–H and O–H groups in total. The van der Waals surface area contributed by atoms with Gasteiger partial charge in [0.2, 0.25) is 6.17 Å². The van der Waals surface area contributed by atoms with Crippen LogP contribution in [0.4, 0.5) is 11.5 Å². The summed E-state index contributed by atoms with van der Waals surface area (Å²) in [6.07, 6.45) is 1.17. The molecule has 0 bridgehead atoms. The topological polar surface area (TPSA) is 62.3 Å². The molecule has 3 rings (SSSR count). The zero-order valence-corrected chi connectivity index (χ0v) is 14.2. The summed E-state index contributed by atoms with van der Waals surface area (Å²) >= 11 is 0. The Morgan fingerprint density at radius 1 is 0.720 bits per heavy atom. The van der Waals surface area contributed by atoms with Crippen LogP contribution in [0.2, 0.25) is 0 Å². The van der Waals surface area contributed by atoms with E-state index in [1.165, 1.54) is 0 Å². The van der Waals surface area contributed by atoms with Crippen molar-refractivity contribution < 1.29 is 0 Å². The second-order valence-electron chi connectivity index (χ2n) is 5.64. The summed E-state index contributed by atoms with van der Waals surface area (Å²) in [7, 11) is 0. The molecule has 0 aliphatic rings. The maximum Gasteiger partial charge on any atom is 0.206 e.